The highest BCUT2D eigenvalue weighted by atomic mass is 16.3. The number of hydrogen-bond acceptors (Lipinski definition) is 1. The van der Waals surface area contributed by atoms with E-state index in [1.54, 1.807) is 0 Å². The summed E-state index contributed by atoms with van der Waals surface area (Å²) in [6.45, 7) is 8.18. The van der Waals surface area contributed by atoms with Gasteiger partial charge in [0.1, 0.15) is 11.3 Å². The van der Waals surface area contributed by atoms with Crippen molar-refractivity contribution in [1.29, 1.82) is 0 Å². The molecule has 1 heterocycles. The lowest BCUT2D eigenvalue weighted by atomic mass is 10.1. The van der Waals surface area contributed by atoms with Gasteiger partial charge in [-0.05, 0) is 37.1 Å². The average molecular weight is 204 g/mol. The predicted molar refractivity (Wildman–Crippen MR) is 66.3 cm³/mol. The Morgan fingerprint density at radius 1 is 1.13 bits per heavy atom. The van der Waals surface area contributed by atoms with E-state index in [4.69, 9.17) is 4.42 Å². The lowest BCUT2D eigenvalue weighted by molar-refractivity contribution is 0.578. The smallest absolute Gasteiger partial charge is 0.134 e. The van der Waals surface area contributed by atoms with Gasteiger partial charge in [-0.2, -0.15) is 0 Å². The van der Waals surface area contributed by atoms with Gasteiger partial charge in [0.25, 0.3) is 0 Å². The number of hydrogen-bond donors (Lipinski definition) is 0. The lowest BCUT2D eigenvalue weighted by Crippen LogP contribution is -1.80. The second-order valence-corrected chi connectivity index (χ2v) is 3.48. The Morgan fingerprint density at radius 2 is 1.87 bits per heavy atom. The Morgan fingerprint density at radius 3 is 2.53 bits per heavy atom. The molecule has 0 radical (unpaired) electrons. The molecular weight excluding hydrogens is 184 g/mol. The van der Waals surface area contributed by atoms with Crippen LogP contribution < -0.4 is 0 Å². The first-order chi connectivity index (χ1) is 7.29. The quantitative estimate of drug-likeness (QED) is 0.690. The molecule has 0 aliphatic carbocycles. The van der Waals surface area contributed by atoms with E-state index < -0.39 is 0 Å². The molecule has 0 atom stereocenters. The van der Waals surface area contributed by atoms with Crippen molar-refractivity contribution in [2.45, 2.75) is 40.5 Å². The fourth-order valence-electron chi connectivity index (χ4n) is 1.67. The summed E-state index contributed by atoms with van der Waals surface area (Å²) < 4.78 is 5.50. The monoisotopic (exact) mass is 204 g/mol. The van der Waals surface area contributed by atoms with E-state index in [2.05, 4.69) is 31.2 Å². The van der Waals surface area contributed by atoms with E-state index in [-0.39, 0.29) is 0 Å². The highest BCUT2D eigenvalue weighted by Crippen LogP contribution is 2.20. The number of rotatable bonds is 2. The number of aryl methyl sites for hydroxylation is 2. The maximum Gasteiger partial charge on any atom is 0.134 e. The Bertz CT molecular complexity index is 412. The van der Waals surface area contributed by atoms with E-state index in [0.717, 1.165) is 17.8 Å². The van der Waals surface area contributed by atoms with Crippen LogP contribution in [-0.2, 0) is 6.42 Å². The average Bonchev–Trinajstić information content (AvgIpc) is 2.61. The van der Waals surface area contributed by atoms with E-state index in [1.807, 2.05) is 20.8 Å². The normalized spacial score (nSPS) is 9.87. The van der Waals surface area contributed by atoms with E-state index >= 15 is 0 Å². The number of furan rings is 1. The van der Waals surface area contributed by atoms with Crippen molar-refractivity contribution in [3.8, 4) is 0 Å². The summed E-state index contributed by atoms with van der Waals surface area (Å²) in [6.07, 6.45) is 2.35. The van der Waals surface area contributed by atoms with Crippen LogP contribution in [0, 0.1) is 6.92 Å². The molecule has 1 aromatic heterocycles. The third-order valence-corrected chi connectivity index (χ3v) is 2.24. The summed E-state index contributed by atoms with van der Waals surface area (Å²) >= 11 is 0. The first-order valence-electron chi connectivity index (χ1n) is 5.78. The van der Waals surface area contributed by atoms with Crippen LogP contribution in [0.15, 0.2) is 28.7 Å². The molecule has 0 amide bonds. The second kappa shape index (κ2) is 5.59. The van der Waals surface area contributed by atoms with Gasteiger partial charge < -0.3 is 4.42 Å². The largest absolute Gasteiger partial charge is 0.461 e. The van der Waals surface area contributed by atoms with Gasteiger partial charge in [0.15, 0.2) is 0 Å². The molecule has 1 nitrogen and oxygen atoms in total. The molecule has 0 aliphatic rings. The van der Waals surface area contributed by atoms with E-state index in [0.29, 0.717) is 0 Å². The van der Waals surface area contributed by atoms with Gasteiger partial charge in [-0.3, -0.25) is 0 Å². The van der Waals surface area contributed by atoms with Crippen molar-refractivity contribution < 1.29 is 4.42 Å². The molecule has 0 N–H and O–H groups in total. The van der Waals surface area contributed by atoms with Gasteiger partial charge in [0, 0.05) is 5.39 Å². The Balaban J connectivity index is 0.000000531. The molecule has 15 heavy (non-hydrogen) atoms. The minimum absolute atomic E-state index is 0.989. The van der Waals surface area contributed by atoms with Crippen LogP contribution in [0.2, 0.25) is 0 Å². The van der Waals surface area contributed by atoms with Crippen LogP contribution in [0.5, 0.6) is 0 Å². The SMILES string of the molecule is CC.CCCc1ccc2oc(C)cc2c1. The molecule has 2 aromatic rings. The van der Waals surface area contributed by atoms with Crippen LogP contribution in [0.25, 0.3) is 11.0 Å². The molecular formula is C14H20O. The second-order valence-electron chi connectivity index (χ2n) is 3.48. The van der Waals surface area contributed by atoms with Gasteiger partial charge in [-0.1, -0.05) is 33.3 Å². The topological polar surface area (TPSA) is 13.1 Å². The molecule has 0 saturated heterocycles. The van der Waals surface area contributed by atoms with Crippen LogP contribution in [0.3, 0.4) is 0 Å². The van der Waals surface area contributed by atoms with E-state index in [1.165, 1.54) is 17.4 Å². The lowest BCUT2D eigenvalue weighted by Gasteiger charge is -1.96. The third-order valence-electron chi connectivity index (χ3n) is 2.24. The van der Waals surface area contributed by atoms with Crippen molar-refractivity contribution in [3.63, 3.8) is 0 Å². The zero-order valence-electron chi connectivity index (χ0n) is 10.1. The highest BCUT2D eigenvalue weighted by Gasteiger charge is 2.00. The fourth-order valence-corrected chi connectivity index (χ4v) is 1.67. The Labute approximate surface area is 92.1 Å². The van der Waals surface area contributed by atoms with Crippen molar-refractivity contribution >= 4 is 11.0 Å². The highest BCUT2D eigenvalue weighted by molar-refractivity contribution is 5.78. The molecule has 82 valence electrons. The Hall–Kier alpha value is -1.24. The zero-order valence-corrected chi connectivity index (χ0v) is 10.1. The van der Waals surface area contributed by atoms with Gasteiger partial charge in [0.2, 0.25) is 0 Å². The number of benzene rings is 1. The fraction of sp³-hybridized carbons (Fsp3) is 0.429. The molecule has 0 saturated carbocycles. The number of fused-ring (bicyclic) bond motifs is 1. The van der Waals surface area contributed by atoms with E-state index in [9.17, 15) is 0 Å². The molecule has 2 rings (SSSR count). The van der Waals surface area contributed by atoms with Gasteiger partial charge in [-0.25, -0.2) is 0 Å². The van der Waals surface area contributed by atoms with Crippen LogP contribution in [0.1, 0.15) is 38.5 Å². The standard InChI is InChI=1S/C12H14O.C2H6/c1-3-4-10-5-6-12-11(8-10)7-9(2)13-12;1-2/h5-8H,3-4H2,1-2H3;1-2H3. The summed E-state index contributed by atoms with van der Waals surface area (Å²) in [5.74, 6) is 0.989. The van der Waals surface area contributed by atoms with Crippen molar-refractivity contribution in [2.24, 2.45) is 0 Å². The van der Waals surface area contributed by atoms with Gasteiger partial charge in [-0.15, -0.1) is 0 Å². The van der Waals surface area contributed by atoms with Crippen LogP contribution in [-0.4, -0.2) is 0 Å². The summed E-state index contributed by atoms with van der Waals surface area (Å²) in [5.41, 5.74) is 2.40. The molecule has 0 unspecified atom stereocenters. The van der Waals surface area contributed by atoms with Crippen LogP contribution in [0.4, 0.5) is 0 Å². The molecule has 1 aromatic carbocycles. The molecule has 0 aliphatic heterocycles. The predicted octanol–water partition coefficient (Wildman–Crippen LogP) is 4.72. The maximum atomic E-state index is 5.50. The van der Waals surface area contributed by atoms with Crippen LogP contribution >= 0.6 is 0 Å². The maximum absolute atomic E-state index is 5.50. The molecule has 1 heteroatoms. The summed E-state index contributed by atoms with van der Waals surface area (Å²) in [4.78, 5) is 0. The first kappa shape index (κ1) is 11.8. The first-order valence-corrected chi connectivity index (χ1v) is 5.78. The van der Waals surface area contributed by atoms with Crippen molar-refractivity contribution in [2.75, 3.05) is 0 Å². The minimum atomic E-state index is 0.989. The third kappa shape index (κ3) is 2.85. The van der Waals surface area contributed by atoms with Gasteiger partial charge >= 0.3 is 0 Å². The van der Waals surface area contributed by atoms with Crippen molar-refractivity contribution in [3.05, 3.63) is 35.6 Å². The zero-order chi connectivity index (χ0) is 11.3. The van der Waals surface area contributed by atoms with Gasteiger partial charge in [0.05, 0.1) is 0 Å². The minimum Gasteiger partial charge on any atom is -0.461 e. The Kier molecular flexibility index (Phi) is 4.41. The summed E-state index contributed by atoms with van der Waals surface area (Å²) in [5, 5.41) is 1.23. The summed E-state index contributed by atoms with van der Waals surface area (Å²) in [6, 6.07) is 8.52. The molecule has 0 spiro atoms. The molecule has 0 fully saturated rings. The molecule has 0 bridgehead atoms. The van der Waals surface area contributed by atoms with Crippen molar-refractivity contribution in [1.82, 2.24) is 0 Å². The summed E-state index contributed by atoms with van der Waals surface area (Å²) in [7, 11) is 0.